The van der Waals surface area contributed by atoms with Crippen LogP contribution in [0.4, 0.5) is 28.9 Å². The van der Waals surface area contributed by atoms with Gasteiger partial charge in [-0.15, -0.1) is 0 Å². The highest BCUT2D eigenvalue weighted by atomic mass is 19.3. The predicted molar refractivity (Wildman–Crippen MR) is 104 cm³/mol. The number of alkyl halides is 2. The molecule has 2 aliphatic heterocycles. The van der Waals surface area contributed by atoms with Gasteiger partial charge in [-0.25, -0.2) is 22.5 Å². The molecule has 2 atom stereocenters. The number of rotatable bonds is 3. The molecule has 156 valence electrons. The standard InChI is InChI=1S/C21H18F4N4O/c1-11-19(29(20(11)30)12-2-3-16-17(8-12)27-10-26-16)18-14(22)6-13(7-15(18)23)28-5-4-21(24,25)9-28/h2-3,6-8,10-11,19H,4-5,9H2,1H3,(H,26,27)/t11-,19-/m1/s1. The number of hydrogen-bond donors (Lipinski definition) is 1. The van der Waals surface area contributed by atoms with E-state index in [-0.39, 0.29) is 30.1 Å². The highest BCUT2D eigenvalue weighted by Crippen LogP contribution is 2.46. The fraction of sp³-hybridized carbons (Fsp3) is 0.333. The molecule has 0 radical (unpaired) electrons. The highest BCUT2D eigenvalue weighted by molar-refractivity contribution is 6.04. The lowest BCUT2D eigenvalue weighted by atomic mass is 9.82. The normalized spacial score (nSPS) is 23.3. The summed E-state index contributed by atoms with van der Waals surface area (Å²) in [4.78, 5) is 22.3. The summed E-state index contributed by atoms with van der Waals surface area (Å²) in [6.45, 7) is 1.08. The summed E-state index contributed by atoms with van der Waals surface area (Å²) in [5.74, 6) is -5.44. The number of aromatic amines is 1. The Bertz CT molecular complexity index is 1140. The molecule has 2 saturated heterocycles. The molecule has 1 N–H and O–H groups in total. The maximum Gasteiger partial charge on any atom is 0.266 e. The molecule has 2 aliphatic rings. The molecule has 5 nitrogen and oxygen atoms in total. The number of nitrogens with zero attached hydrogens (tertiary/aromatic N) is 3. The number of anilines is 2. The molecule has 2 aromatic carbocycles. The van der Waals surface area contributed by atoms with Crippen LogP contribution in [0.2, 0.25) is 0 Å². The van der Waals surface area contributed by atoms with Crippen LogP contribution in [0.25, 0.3) is 11.0 Å². The topological polar surface area (TPSA) is 52.2 Å². The van der Waals surface area contributed by atoms with Crippen molar-refractivity contribution in [1.29, 1.82) is 0 Å². The number of amides is 1. The van der Waals surface area contributed by atoms with Gasteiger partial charge in [-0.3, -0.25) is 4.79 Å². The molecule has 1 aromatic heterocycles. The maximum atomic E-state index is 15.0. The third-order valence-electron chi connectivity index (χ3n) is 5.96. The van der Waals surface area contributed by atoms with E-state index in [0.29, 0.717) is 16.7 Å². The zero-order chi connectivity index (χ0) is 21.2. The minimum absolute atomic E-state index is 0.0276. The molecule has 3 aromatic rings. The molecule has 5 rings (SSSR count). The van der Waals surface area contributed by atoms with Crippen LogP contribution in [0.1, 0.15) is 24.9 Å². The van der Waals surface area contributed by atoms with Gasteiger partial charge in [0.25, 0.3) is 5.92 Å². The van der Waals surface area contributed by atoms with Gasteiger partial charge in [-0.1, -0.05) is 6.92 Å². The average Bonchev–Trinajstić information content (AvgIpc) is 3.31. The van der Waals surface area contributed by atoms with Crippen LogP contribution >= 0.6 is 0 Å². The Hall–Kier alpha value is -3.10. The summed E-state index contributed by atoms with van der Waals surface area (Å²) in [6.07, 6.45) is 1.17. The van der Waals surface area contributed by atoms with Gasteiger partial charge in [0, 0.05) is 29.9 Å². The van der Waals surface area contributed by atoms with Crippen LogP contribution in [-0.2, 0) is 4.79 Å². The summed E-state index contributed by atoms with van der Waals surface area (Å²) < 4.78 is 57.0. The Balaban J connectivity index is 1.51. The number of imidazole rings is 1. The van der Waals surface area contributed by atoms with E-state index in [1.807, 2.05) is 0 Å². The Morgan fingerprint density at radius 1 is 1.13 bits per heavy atom. The SMILES string of the molecule is C[C@H]1C(=O)N(c2ccc3nc[nH]c3c2)[C@H]1c1c(F)cc(N2CCC(F)(F)C2)cc1F. The second kappa shape index (κ2) is 6.45. The summed E-state index contributed by atoms with van der Waals surface area (Å²) in [7, 11) is 0. The Labute approximate surface area is 169 Å². The quantitative estimate of drug-likeness (QED) is 0.506. The number of halogens is 4. The number of carbonyl (C=O) groups excluding carboxylic acids is 1. The molecular weight excluding hydrogens is 400 g/mol. The number of H-pyrrole nitrogens is 1. The van der Waals surface area contributed by atoms with E-state index in [4.69, 9.17) is 0 Å². The molecule has 0 unspecified atom stereocenters. The lowest BCUT2D eigenvalue weighted by Crippen LogP contribution is -2.54. The number of β-lactam (4-membered cyclic amide) rings is 1. The number of fused-ring (bicyclic) bond motifs is 1. The van der Waals surface area contributed by atoms with Crippen LogP contribution < -0.4 is 9.80 Å². The molecule has 9 heteroatoms. The van der Waals surface area contributed by atoms with Crippen LogP contribution in [-0.4, -0.2) is 34.9 Å². The first kappa shape index (κ1) is 18.9. The minimum Gasteiger partial charge on any atom is -0.365 e. The van der Waals surface area contributed by atoms with Crippen molar-refractivity contribution in [3.05, 3.63) is 53.9 Å². The van der Waals surface area contributed by atoms with E-state index in [1.54, 1.807) is 25.1 Å². The summed E-state index contributed by atoms with van der Waals surface area (Å²) >= 11 is 0. The summed E-state index contributed by atoms with van der Waals surface area (Å²) in [5.41, 5.74) is 1.75. The van der Waals surface area contributed by atoms with Crippen molar-refractivity contribution in [3.63, 3.8) is 0 Å². The van der Waals surface area contributed by atoms with Crippen molar-refractivity contribution in [2.75, 3.05) is 22.9 Å². The highest BCUT2D eigenvalue weighted by Gasteiger charge is 2.48. The Morgan fingerprint density at radius 3 is 2.53 bits per heavy atom. The van der Waals surface area contributed by atoms with Crippen LogP contribution in [0.15, 0.2) is 36.7 Å². The van der Waals surface area contributed by atoms with Gasteiger partial charge in [0.05, 0.1) is 35.9 Å². The monoisotopic (exact) mass is 418 g/mol. The van der Waals surface area contributed by atoms with E-state index in [1.165, 1.54) is 16.1 Å². The van der Waals surface area contributed by atoms with E-state index < -0.39 is 36.1 Å². The summed E-state index contributed by atoms with van der Waals surface area (Å²) in [6, 6.07) is 6.42. The third kappa shape index (κ3) is 2.83. The maximum absolute atomic E-state index is 15.0. The van der Waals surface area contributed by atoms with Gasteiger partial charge in [-0.05, 0) is 30.3 Å². The van der Waals surface area contributed by atoms with Crippen molar-refractivity contribution in [2.24, 2.45) is 5.92 Å². The second-order valence-electron chi connectivity index (χ2n) is 7.90. The zero-order valence-electron chi connectivity index (χ0n) is 16.0. The van der Waals surface area contributed by atoms with Crippen molar-refractivity contribution >= 4 is 28.3 Å². The molecule has 0 saturated carbocycles. The molecule has 0 spiro atoms. The lowest BCUT2D eigenvalue weighted by Gasteiger charge is -2.46. The molecule has 1 amide bonds. The lowest BCUT2D eigenvalue weighted by molar-refractivity contribution is -0.129. The fourth-order valence-electron chi connectivity index (χ4n) is 4.37. The first-order valence-electron chi connectivity index (χ1n) is 9.63. The van der Waals surface area contributed by atoms with Crippen molar-refractivity contribution in [1.82, 2.24) is 9.97 Å². The van der Waals surface area contributed by atoms with Gasteiger partial charge < -0.3 is 14.8 Å². The number of benzene rings is 2. The second-order valence-corrected chi connectivity index (χ2v) is 7.90. The van der Waals surface area contributed by atoms with E-state index >= 15 is 8.78 Å². The molecular formula is C21H18F4N4O. The first-order valence-corrected chi connectivity index (χ1v) is 9.63. The average molecular weight is 418 g/mol. The van der Waals surface area contributed by atoms with Crippen molar-refractivity contribution in [2.45, 2.75) is 25.3 Å². The van der Waals surface area contributed by atoms with Crippen LogP contribution in [0.3, 0.4) is 0 Å². The summed E-state index contributed by atoms with van der Waals surface area (Å²) in [5, 5.41) is 0. The van der Waals surface area contributed by atoms with E-state index in [0.717, 1.165) is 12.1 Å². The van der Waals surface area contributed by atoms with Gasteiger partial charge in [-0.2, -0.15) is 0 Å². The van der Waals surface area contributed by atoms with E-state index in [9.17, 15) is 13.6 Å². The van der Waals surface area contributed by atoms with Crippen LogP contribution in [0.5, 0.6) is 0 Å². The Morgan fingerprint density at radius 2 is 1.87 bits per heavy atom. The number of carbonyl (C=O) groups is 1. The smallest absolute Gasteiger partial charge is 0.266 e. The number of aromatic nitrogens is 2. The third-order valence-corrected chi connectivity index (χ3v) is 5.96. The molecule has 2 fully saturated rings. The zero-order valence-corrected chi connectivity index (χ0v) is 16.0. The Kier molecular flexibility index (Phi) is 4.06. The number of nitrogens with one attached hydrogen (secondary N) is 1. The fourth-order valence-corrected chi connectivity index (χ4v) is 4.37. The molecule has 30 heavy (non-hydrogen) atoms. The molecule has 3 heterocycles. The van der Waals surface area contributed by atoms with Gasteiger partial charge in [0.2, 0.25) is 5.91 Å². The van der Waals surface area contributed by atoms with Gasteiger partial charge in [0.1, 0.15) is 11.6 Å². The number of hydrogen-bond acceptors (Lipinski definition) is 3. The van der Waals surface area contributed by atoms with Gasteiger partial charge in [0.15, 0.2) is 0 Å². The van der Waals surface area contributed by atoms with Crippen molar-refractivity contribution < 1.29 is 22.4 Å². The predicted octanol–water partition coefficient (Wildman–Crippen LogP) is 4.41. The van der Waals surface area contributed by atoms with Crippen LogP contribution in [0, 0.1) is 17.6 Å². The molecule has 0 aliphatic carbocycles. The largest absolute Gasteiger partial charge is 0.365 e. The van der Waals surface area contributed by atoms with Crippen molar-refractivity contribution in [3.8, 4) is 0 Å². The van der Waals surface area contributed by atoms with Gasteiger partial charge >= 0.3 is 0 Å². The van der Waals surface area contributed by atoms with E-state index in [2.05, 4.69) is 9.97 Å². The first-order chi connectivity index (χ1) is 14.2. The minimum atomic E-state index is -2.87. The molecule has 0 bridgehead atoms.